The first kappa shape index (κ1) is 45.8. The van der Waals surface area contributed by atoms with Crippen LogP contribution < -0.4 is 14.8 Å². The number of fused-ring (bicyclic) bond motifs is 1. The molecule has 0 radical (unpaired) electrons. The van der Waals surface area contributed by atoms with Gasteiger partial charge in [-0.05, 0) is 84.0 Å². The van der Waals surface area contributed by atoms with E-state index in [-0.39, 0.29) is 35.6 Å². The quantitative estimate of drug-likeness (QED) is 0.0728. The summed E-state index contributed by atoms with van der Waals surface area (Å²) < 4.78 is 21.9. The molecule has 1 saturated heterocycles. The second-order valence-electron chi connectivity index (χ2n) is 16.1. The molecule has 4 aromatic heterocycles. The number of H-pyrrole nitrogens is 1. The highest BCUT2D eigenvalue weighted by Crippen LogP contribution is 2.36. The van der Waals surface area contributed by atoms with E-state index < -0.39 is 5.25 Å². The van der Waals surface area contributed by atoms with Gasteiger partial charge in [0.15, 0.2) is 5.69 Å². The summed E-state index contributed by atoms with van der Waals surface area (Å²) in [6, 6.07) is 33.3. The van der Waals surface area contributed by atoms with E-state index in [2.05, 4.69) is 69.0 Å². The van der Waals surface area contributed by atoms with Crippen molar-refractivity contribution in [2.45, 2.75) is 69.4 Å². The normalized spacial score (nSPS) is 14.0. The molecule has 2 atom stereocenters. The number of hydrogen-bond acceptors (Lipinski definition) is 14. The standard InChI is InChI=1S/C50H48N10O6S2/c1-5-9-42-53-45(46(49(62)64-6-2)60(42)27-32-12-17-34(18-13-32)37-10-7-8-11-38(37)47-55-57-58-56-47)30(3)67-29-33-16-23-44(51-26-33)66-36-21-22-39-40(25-36)59(4)43(52-39)28-65-35-19-14-31(15-20-35)24-41-48(61)54-50(63)68-41/h7-8,10-23,25-26,30,41H,5-6,9,24,27-29H2,1-4H3,(H,54,61,63)(H,55,56,57,58). The summed E-state index contributed by atoms with van der Waals surface area (Å²) in [5, 5.41) is 16.1. The SMILES string of the molecule is CCCc1nc(C(C)SCc2ccc(Oc3ccc4nc(COc5ccc(CC6SC(=O)NC6=O)cc5)n(C)c4c3)nc2)c(C(=O)OCC)n1Cc1ccc(-c2ccccc2-c2nn[nH]n2)cc1. The molecular weight excluding hydrogens is 901 g/mol. The summed E-state index contributed by atoms with van der Waals surface area (Å²) in [6.07, 6.45) is 3.85. The molecule has 18 heteroatoms. The number of aryl methyl sites for hydroxylation is 2. The van der Waals surface area contributed by atoms with Gasteiger partial charge in [-0.15, -0.1) is 22.0 Å². The van der Waals surface area contributed by atoms with Crippen LogP contribution >= 0.6 is 23.5 Å². The molecule has 0 spiro atoms. The van der Waals surface area contributed by atoms with E-state index in [1.165, 1.54) is 0 Å². The van der Waals surface area contributed by atoms with Gasteiger partial charge in [0.1, 0.15) is 29.8 Å². The molecule has 1 aliphatic rings. The molecule has 2 amide bonds. The van der Waals surface area contributed by atoms with Gasteiger partial charge in [0, 0.05) is 54.9 Å². The van der Waals surface area contributed by atoms with Gasteiger partial charge in [0.25, 0.3) is 5.24 Å². The number of tetrazole rings is 1. The minimum Gasteiger partial charge on any atom is -0.486 e. The zero-order valence-corrected chi connectivity index (χ0v) is 39.5. The first-order valence-electron chi connectivity index (χ1n) is 22.3. The van der Waals surface area contributed by atoms with Gasteiger partial charge in [0.2, 0.25) is 17.6 Å². The number of nitrogens with one attached hydrogen (secondary N) is 2. The number of imide groups is 1. The van der Waals surface area contributed by atoms with Crippen LogP contribution in [0.3, 0.4) is 0 Å². The number of pyridine rings is 1. The predicted molar refractivity (Wildman–Crippen MR) is 260 cm³/mol. The van der Waals surface area contributed by atoms with Crippen molar-refractivity contribution in [3.05, 3.63) is 149 Å². The van der Waals surface area contributed by atoms with Crippen molar-refractivity contribution < 1.29 is 28.6 Å². The third-order valence-electron chi connectivity index (χ3n) is 11.5. The molecule has 8 aromatic rings. The molecule has 68 heavy (non-hydrogen) atoms. The summed E-state index contributed by atoms with van der Waals surface area (Å²) in [5.74, 6) is 3.85. The van der Waals surface area contributed by atoms with E-state index in [1.54, 1.807) is 11.8 Å². The molecule has 4 aromatic carbocycles. The summed E-state index contributed by atoms with van der Waals surface area (Å²) >= 11 is 2.70. The Hall–Kier alpha value is -7.31. The number of nitrogens with zero attached hydrogens (tertiary/aromatic N) is 8. The molecular formula is C50H48N10O6S2. The molecule has 346 valence electrons. The van der Waals surface area contributed by atoms with Crippen molar-refractivity contribution in [3.8, 4) is 39.9 Å². The van der Waals surface area contributed by atoms with Crippen LogP contribution in [0, 0.1) is 0 Å². The van der Waals surface area contributed by atoms with Crippen molar-refractivity contribution in [1.29, 1.82) is 0 Å². The topological polar surface area (TPSA) is 194 Å². The van der Waals surface area contributed by atoms with Gasteiger partial charge in [-0.3, -0.25) is 14.9 Å². The number of ether oxygens (including phenoxy) is 3. The maximum Gasteiger partial charge on any atom is 0.356 e. The van der Waals surface area contributed by atoms with E-state index in [4.69, 9.17) is 24.2 Å². The lowest BCUT2D eigenvalue weighted by atomic mass is 9.98. The van der Waals surface area contributed by atoms with Gasteiger partial charge in [-0.1, -0.05) is 85.4 Å². The molecule has 0 bridgehead atoms. The third kappa shape index (κ3) is 10.3. The number of aromatic nitrogens is 9. The Kier molecular flexibility index (Phi) is 13.9. The monoisotopic (exact) mass is 948 g/mol. The number of esters is 1. The predicted octanol–water partition coefficient (Wildman–Crippen LogP) is 9.45. The Bertz CT molecular complexity index is 3060. The zero-order chi connectivity index (χ0) is 47.1. The maximum absolute atomic E-state index is 13.7. The van der Waals surface area contributed by atoms with Crippen LogP contribution in [0.25, 0.3) is 33.5 Å². The Morgan fingerprint density at radius 1 is 0.882 bits per heavy atom. The van der Waals surface area contributed by atoms with Crippen LogP contribution in [-0.2, 0) is 48.3 Å². The van der Waals surface area contributed by atoms with E-state index in [1.807, 2.05) is 108 Å². The first-order chi connectivity index (χ1) is 33.1. The average molecular weight is 949 g/mol. The fourth-order valence-corrected chi connectivity index (χ4v) is 9.78. The Morgan fingerprint density at radius 3 is 2.35 bits per heavy atom. The number of aromatic amines is 1. The fraction of sp³-hybridized carbons (Fsp3) is 0.260. The van der Waals surface area contributed by atoms with Crippen LogP contribution in [-0.4, -0.2) is 73.7 Å². The highest BCUT2D eigenvalue weighted by Gasteiger charge is 2.32. The molecule has 1 aliphatic heterocycles. The van der Waals surface area contributed by atoms with Crippen LogP contribution in [0.5, 0.6) is 17.4 Å². The molecule has 9 rings (SSSR count). The molecule has 2 N–H and O–H groups in total. The van der Waals surface area contributed by atoms with Gasteiger partial charge in [-0.2, -0.15) is 5.21 Å². The minimum absolute atomic E-state index is 0.127. The summed E-state index contributed by atoms with van der Waals surface area (Å²) in [4.78, 5) is 51.7. The van der Waals surface area contributed by atoms with Crippen LogP contribution in [0.1, 0.15) is 77.0 Å². The third-order valence-corrected chi connectivity index (χ3v) is 13.7. The van der Waals surface area contributed by atoms with E-state index in [9.17, 15) is 14.4 Å². The Labute approximate surface area is 400 Å². The molecule has 0 aliphatic carbocycles. The van der Waals surface area contributed by atoms with Crippen molar-refractivity contribution in [3.63, 3.8) is 0 Å². The molecule has 0 saturated carbocycles. The van der Waals surface area contributed by atoms with Crippen molar-refractivity contribution in [1.82, 2.24) is 50.0 Å². The average Bonchev–Trinajstić information content (AvgIpc) is 4.15. The number of carbonyl (C=O) groups is 3. The zero-order valence-electron chi connectivity index (χ0n) is 37.8. The second-order valence-corrected chi connectivity index (χ2v) is 18.6. The maximum atomic E-state index is 13.7. The number of thioether (sulfide) groups is 2. The molecule has 16 nitrogen and oxygen atoms in total. The van der Waals surface area contributed by atoms with Crippen LogP contribution in [0.4, 0.5) is 4.79 Å². The number of imidazole rings is 2. The summed E-state index contributed by atoms with van der Waals surface area (Å²) in [6.45, 7) is 6.96. The Morgan fingerprint density at radius 2 is 1.65 bits per heavy atom. The number of carbonyl (C=O) groups excluding carboxylic acids is 3. The second kappa shape index (κ2) is 20.7. The van der Waals surface area contributed by atoms with Gasteiger partial charge < -0.3 is 23.3 Å². The number of amides is 2. The first-order valence-corrected chi connectivity index (χ1v) is 24.2. The lowest BCUT2D eigenvalue weighted by molar-refractivity contribution is -0.118. The van der Waals surface area contributed by atoms with Crippen molar-refractivity contribution in [2.24, 2.45) is 7.05 Å². The fourth-order valence-electron chi connectivity index (χ4n) is 7.98. The van der Waals surface area contributed by atoms with Crippen molar-refractivity contribution >= 4 is 51.7 Å². The van der Waals surface area contributed by atoms with E-state index in [0.717, 1.165) is 74.2 Å². The summed E-state index contributed by atoms with van der Waals surface area (Å²) in [5.41, 5.74) is 8.71. The number of benzene rings is 4. The largest absolute Gasteiger partial charge is 0.486 e. The van der Waals surface area contributed by atoms with Gasteiger partial charge >= 0.3 is 5.97 Å². The number of rotatable bonds is 19. The van der Waals surface area contributed by atoms with Crippen molar-refractivity contribution in [2.75, 3.05) is 6.61 Å². The molecule has 2 unspecified atom stereocenters. The summed E-state index contributed by atoms with van der Waals surface area (Å²) in [7, 11) is 1.93. The van der Waals surface area contributed by atoms with Crippen LogP contribution in [0.2, 0.25) is 0 Å². The lowest BCUT2D eigenvalue weighted by Crippen LogP contribution is -2.25. The molecule has 5 heterocycles. The van der Waals surface area contributed by atoms with E-state index in [0.29, 0.717) is 59.7 Å². The highest BCUT2D eigenvalue weighted by atomic mass is 32.2. The molecule has 1 fully saturated rings. The minimum atomic E-state index is -0.417. The van der Waals surface area contributed by atoms with E-state index >= 15 is 0 Å². The smallest absolute Gasteiger partial charge is 0.356 e. The lowest BCUT2D eigenvalue weighted by Gasteiger charge is -2.15. The number of hydrogen-bond donors (Lipinski definition) is 2. The highest BCUT2D eigenvalue weighted by molar-refractivity contribution is 8.15. The van der Waals surface area contributed by atoms with Crippen LogP contribution in [0.15, 0.2) is 109 Å². The van der Waals surface area contributed by atoms with Gasteiger partial charge in [-0.25, -0.2) is 19.7 Å². The van der Waals surface area contributed by atoms with Gasteiger partial charge in [0.05, 0.1) is 28.6 Å². The Balaban J connectivity index is 0.833.